The SMILES string of the molecule is COc1ccc(NC(=O)CC(C)NC2CCc3ccccc32)c(OC)c1. The van der Waals surface area contributed by atoms with Crippen LogP contribution >= 0.6 is 0 Å². The summed E-state index contributed by atoms with van der Waals surface area (Å²) in [5.74, 6) is 1.23. The number of benzene rings is 2. The van der Waals surface area contributed by atoms with E-state index < -0.39 is 0 Å². The maximum atomic E-state index is 12.4. The molecular formula is C21H26N2O3. The number of methoxy groups -OCH3 is 2. The average molecular weight is 354 g/mol. The number of nitrogens with one attached hydrogen (secondary N) is 2. The van der Waals surface area contributed by atoms with Crippen molar-refractivity contribution in [1.29, 1.82) is 0 Å². The molecule has 0 saturated carbocycles. The van der Waals surface area contributed by atoms with E-state index in [1.165, 1.54) is 11.1 Å². The van der Waals surface area contributed by atoms with E-state index in [9.17, 15) is 4.79 Å². The van der Waals surface area contributed by atoms with Gasteiger partial charge in [0.1, 0.15) is 11.5 Å². The molecule has 5 nitrogen and oxygen atoms in total. The van der Waals surface area contributed by atoms with Crippen molar-refractivity contribution < 1.29 is 14.3 Å². The Bertz CT molecular complexity index is 776. The second-order valence-electron chi connectivity index (χ2n) is 6.68. The van der Waals surface area contributed by atoms with E-state index >= 15 is 0 Å². The molecule has 5 heteroatoms. The fourth-order valence-corrected chi connectivity index (χ4v) is 3.51. The van der Waals surface area contributed by atoms with Crippen LogP contribution in [-0.4, -0.2) is 26.2 Å². The minimum absolute atomic E-state index is 0.0419. The second-order valence-corrected chi connectivity index (χ2v) is 6.68. The summed E-state index contributed by atoms with van der Waals surface area (Å²) in [6.07, 6.45) is 2.57. The lowest BCUT2D eigenvalue weighted by atomic mass is 10.1. The number of amides is 1. The largest absolute Gasteiger partial charge is 0.497 e. The van der Waals surface area contributed by atoms with Gasteiger partial charge in [0, 0.05) is 24.6 Å². The smallest absolute Gasteiger partial charge is 0.226 e. The molecule has 0 saturated heterocycles. The molecule has 2 aromatic rings. The number of aryl methyl sites for hydroxylation is 1. The summed E-state index contributed by atoms with van der Waals surface area (Å²) in [5.41, 5.74) is 3.41. The molecule has 1 amide bonds. The van der Waals surface area contributed by atoms with Crippen molar-refractivity contribution in [3.63, 3.8) is 0 Å². The van der Waals surface area contributed by atoms with Crippen LogP contribution in [-0.2, 0) is 11.2 Å². The molecule has 138 valence electrons. The maximum absolute atomic E-state index is 12.4. The van der Waals surface area contributed by atoms with Crippen molar-refractivity contribution in [1.82, 2.24) is 5.32 Å². The zero-order valence-electron chi connectivity index (χ0n) is 15.5. The Kier molecular flexibility index (Phi) is 5.78. The van der Waals surface area contributed by atoms with Crippen molar-refractivity contribution in [3.8, 4) is 11.5 Å². The lowest BCUT2D eigenvalue weighted by molar-refractivity contribution is -0.116. The molecule has 2 unspecified atom stereocenters. The van der Waals surface area contributed by atoms with Crippen molar-refractivity contribution in [2.45, 2.75) is 38.3 Å². The highest BCUT2D eigenvalue weighted by molar-refractivity contribution is 5.92. The van der Waals surface area contributed by atoms with E-state index in [0.29, 0.717) is 29.6 Å². The van der Waals surface area contributed by atoms with Crippen molar-refractivity contribution in [3.05, 3.63) is 53.6 Å². The van der Waals surface area contributed by atoms with Crippen LogP contribution in [0, 0.1) is 0 Å². The van der Waals surface area contributed by atoms with Gasteiger partial charge in [-0.05, 0) is 43.0 Å². The summed E-state index contributed by atoms with van der Waals surface area (Å²) < 4.78 is 10.5. The van der Waals surface area contributed by atoms with E-state index in [4.69, 9.17) is 9.47 Å². The van der Waals surface area contributed by atoms with Gasteiger partial charge in [0.15, 0.2) is 0 Å². The number of ether oxygens (including phenoxy) is 2. The highest BCUT2D eigenvalue weighted by Gasteiger charge is 2.23. The van der Waals surface area contributed by atoms with Crippen LogP contribution in [0.5, 0.6) is 11.5 Å². The molecule has 26 heavy (non-hydrogen) atoms. The van der Waals surface area contributed by atoms with E-state index in [1.54, 1.807) is 32.4 Å². The van der Waals surface area contributed by atoms with Crippen molar-refractivity contribution in [2.75, 3.05) is 19.5 Å². The third-order valence-corrected chi connectivity index (χ3v) is 4.79. The van der Waals surface area contributed by atoms with E-state index in [-0.39, 0.29) is 11.9 Å². The zero-order valence-corrected chi connectivity index (χ0v) is 15.5. The Morgan fingerprint density at radius 1 is 1.19 bits per heavy atom. The lowest BCUT2D eigenvalue weighted by Crippen LogP contribution is -2.33. The molecule has 0 heterocycles. The summed E-state index contributed by atoms with van der Waals surface area (Å²) >= 11 is 0. The fraction of sp³-hybridized carbons (Fsp3) is 0.381. The number of carbonyl (C=O) groups is 1. The normalized spacial score (nSPS) is 16.7. The Morgan fingerprint density at radius 3 is 2.77 bits per heavy atom. The van der Waals surface area contributed by atoms with Gasteiger partial charge in [-0.3, -0.25) is 4.79 Å². The van der Waals surface area contributed by atoms with Gasteiger partial charge in [-0.2, -0.15) is 0 Å². The number of hydrogen-bond donors (Lipinski definition) is 2. The summed E-state index contributed by atoms with van der Waals surface area (Å²) in [5, 5.41) is 6.51. The van der Waals surface area contributed by atoms with Gasteiger partial charge < -0.3 is 20.1 Å². The molecule has 0 aliphatic heterocycles. The molecule has 0 fully saturated rings. The van der Waals surface area contributed by atoms with Crippen LogP contribution in [0.2, 0.25) is 0 Å². The first-order valence-corrected chi connectivity index (χ1v) is 8.96. The van der Waals surface area contributed by atoms with Gasteiger partial charge in [0.2, 0.25) is 5.91 Å². The molecule has 3 rings (SSSR count). The van der Waals surface area contributed by atoms with Crippen LogP contribution in [0.3, 0.4) is 0 Å². The molecule has 1 aliphatic carbocycles. The Hall–Kier alpha value is -2.53. The van der Waals surface area contributed by atoms with Crippen LogP contribution < -0.4 is 20.1 Å². The van der Waals surface area contributed by atoms with E-state index in [0.717, 1.165) is 12.8 Å². The Morgan fingerprint density at radius 2 is 2.00 bits per heavy atom. The molecule has 2 N–H and O–H groups in total. The van der Waals surface area contributed by atoms with E-state index in [1.807, 2.05) is 6.92 Å². The molecule has 2 aromatic carbocycles. The zero-order chi connectivity index (χ0) is 18.5. The van der Waals surface area contributed by atoms with Gasteiger partial charge >= 0.3 is 0 Å². The highest BCUT2D eigenvalue weighted by atomic mass is 16.5. The standard InChI is InChI=1S/C21H26N2O3/c1-14(22-18-10-8-15-6-4-5-7-17(15)18)12-21(24)23-19-11-9-16(25-2)13-20(19)26-3/h4-7,9,11,13-14,18,22H,8,10,12H2,1-3H3,(H,23,24). The van der Waals surface area contributed by atoms with Crippen LogP contribution in [0.15, 0.2) is 42.5 Å². The first-order valence-electron chi connectivity index (χ1n) is 8.96. The topological polar surface area (TPSA) is 59.6 Å². The lowest BCUT2D eigenvalue weighted by Gasteiger charge is -2.20. The predicted octanol–water partition coefficient (Wildman–Crippen LogP) is 3.70. The first kappa shape index (κ1) is 18.3. The number of carbonyl (C=O) groups excluding carboxylic acids is 1. The second kappa shape index (κ2) is 8.23. The molecule has 0 aromatic heterocycles. The van der Waals surface area contributed by atoms with Crippen LogP contribution in [0.25, 0.3) is 0 Å². The highest BCUT2D eigenvalue weighted by Crippen LogP contribution is 2.32. The van der Waals surface area contributed by atoms with E-state index in [2.05, 4.69) is 34.9 Å². The molecular weight excluding hydrogens is 328 g/mol. The van der Waals surface area contributed by atoms with Crippen molar-refractivity contribution in [2.24, 2.45) is 0 Å². The van der Waals surface area contributed by atoms with Gasteiger partial charge in [-0.25, -0.2) is 0 Å². The summed E-state index contributed by atoms with van der Waals surface area (Å²) in [4.78, 5) is 12.4. The molecule has 1 aliphatic rings. The molecule has 0 radical (unpaired) electrons. The predicted molar refractivity (Wildman–Crippen MR) is 103 cm³/mol. The first-order chi connectivity index (χ1) is 12.6. The minimum atomic E-state index is -0.0419. The molecule has 0 bridgehead atoms. The van der Waals surface area contributed by atoms with Gasteiger partial charge in [0.25, 0.3) is 0 Å². The summed E-state index contributed by atoms with van der Waals surface area (Å²) in [6, 6.07) is 14.3. The Balaban J connectivity index is 1.57. The molecule has 0 spiro atoms. The van der Waals surface area contributed by atoms with Crippen LogP contribution in [0.4, 0.5) is 5.69 Å². The Labute approximate surface area is 154 Å². The fourth-order valence-electron chi connectivity index (χ4n) is 3.51. The maximum Gasteiger partial charge on any atom is 0.226 e. The third-order valence-electron chi connectivity index (χ3n) is 4.79. The number of hydrogen-bond acceptors (Lipinski definition) is 4. The minimum Gasteiger partial charge on any atom is -0.497 e. The average Bonchev–Trinajstić information content (AvgIpc) is 3.04. The number of fused-ring (bicyclic) bond motifs is 1. The number of anilines is 1. The molecule has 2 atom stereocenters. The van der Waals surface area contributed by atoms with Crippen LogP contribution in [0.1, 0.15) is 36.9 Å². The van der Waals surface area contributed by atoms with Gasteiger partial charge in [0.05, 0.1) is 19.9 Å². The third kappa shape index (κ3) is 4.17. The summed E-state index contributed by atoms with van der Waals surface area (Å²) in [6.45, 7) is 2.05. The monoisotopic (exact) mass is 354 g/mol. The van der Waals surface area contributed by atoms with Gasteiger partial charge in [-0.15, -0.1) is 0 Å². The van der Waals surface area contributed by atoms with Gasteiger partial charge in [-0.1, -0.05) is 24.3 Å². The quantitative estimate of drug-likeness (QED) is 0.796. The van der Waals surface area contributed by atoms with Crippen molar-refractivity contribution >= 4 is 11.6 Å². The number of rotatable bonds is 7. The summed E-state index contributed by atoms with van der Waals surface area (Å²) in [7, 11) is 3.17.